The summed E-state index contributed by atoms with van der Waals surface area (Å²) in [6, 6.07) is 7.00. The molecule has 0 radical (unpaired) electrons. The van der Waals surface area contributed by atoms with Gasteiger partial charge in [0.15, 0.2) is 0 Å². The third-order valence-corrected chi connectivity index (χ3v) is 6.05. The molecule has 11 heteroatoms. The predicted octanol–water partition coefficient (Wildman–Crippen LogP) is 2.54. The maximum atomic E-state index is 13.7. The van der Waals surface area contributed by atoms with E-state index >= 15 is 0 Å². The van der Waals surface area contributed by atoms with Crippen molar-refractivity contribution in [2.75, 3.05) is 56.3 Å². The van der Waals surface area contributed by atoms with Crippen molar-refractivity contribution < 1.29 is 28.9 Å². The predicted molar refractivity (Wildman–Crippen MR) is 133 cm³/mol. The third kappa shape index (κ3) is 5.52. The van der Waals surface area contributed by atoms with Gasteiger partial charge in [-0.05, 0) is 39.8 Å². The number of aliphatic hydroxyl groups is 1. The summed E-state index contributed by atoms with van der Waals surface area (Å²) in [6.45, 7) is 10.2. The van der Waals surface area contributed by atoms with Crippen LogP contribution in [0.4, 0.5) is 16.4 Å². The van der Waals surface area contributed by atoms with Crippen molar-refractivity contribution in [1.29, 1.82) is 0 Å². The highest BCUT2D eigenvalue weighted by Gasteiger charge is 2.37. The number of fused-ring (bicyclic) bond motifs is 1. The molecule has 11 nitrogen and oxygen atoms in total. The van der Waals surface area contributed by atoms with E-state index < -0.39 is 11.7 Å². The molecule has 1 aromatic carbocycles. The minimum Gasteiger partial charge on any atom is -0.469 e. The molecule has 0 bridgehead atoms. The smallest absolute Gasteiger partial charge is 0.411 e. The average molecular weight is 500 g/mol. The van der Waals surface area contributed by atoms with Gasteiger partial charge in [-0.25, -0.2) is 9.78 Å². The second-order valence-corrected chi connectivity index (χ2v) is 9.41. The molecule has 2 N–H and O–H groups in total. The molecule has 1 unspecified atom stereocenters. The summed E-state index contributed by atoms with van der Waals surface area (Å²) < 4.78 is 16.8. The zero-order valence-electron chi connectivity index (χ0n) is 21.1. The number of ether oxygens (including phenoxy) is 3. The minimum absolute atomic E-state index is 0.0581. The van der Waals surface area contributed by atoms with Gasteiger partial charge in [0, 0.05) is 24.3 Å². The number of carbonyl (C=O) groups excluding carboxylic acids is 2. The summed E-state index contributed by atoms with van der Waals surface area (Å²) in [5, 5.41) is 11.4. The molecule has 1 fully saturated rings. The molecule has 0 saturated carbocycles. The van der Waals surface area contributed by atoms with Crippen LogP contribution in [0.3, 0.4) is 0 Å². The number of likely N-dealkylation sites (N-methyl/N-ethyl adjacent to an activating group) is 1. The molecule has 3 heterocycles. The first kappa shape index (κ1) is 25.6. The van der Waals surface area contributed by atoms with Crippen molar-refractivity contribution in [3.63, 3.8) is 0 Å². The van der Waals surface area contributed by atoms with Crippen LogP contribution < -0.4 is 15.0 Å². The van der Waals surface area contributed by atoms with E-state index in [1.165, 1.54) is 0 Å². The van der Waals surface area contributed by atoms with Gasteiger partial charge in [-0.1, -0.05) is 12.1 Å². The number of aliphatic hydroxyl groups excluding tert-OH is 1. The second-order valence-electron chi connectivity index (χ2n) is 9.41. The van der Waals surface area contributed by atoms with Crippen LogP contribution in [0.25, 0.3) is 11.3 Å². The fourth-order valence-corrected chi connectivity index (χ4v) is 4.30. The van der Waals surface area contributed by atoms with Gasteiger partial charge in [0.1, 0.15) is 17.8 Å². The summed E-state index contributed by atoms with van der Waals surface area (Å²) in [4.78, 5) is 38.9. The quantitative estimate of drug-likeness (QED) is 0.616. The second kappa shape index (κ2) is 10.7. The zero-order chi connectivity index (χ0) is 25.9. The first-order valence-electron chi connectivity index (χ1n) is 12.1. The van der Waals surface area contributed by atoms with Crippen molar-refractivity contribution in [3.05, 3.63) is 29.8 Å². The lowest BCUT2D eigenvalue weighted by Gasteiger charge is -2.34. The number of rotatable bonds is 6. The lowest BCUT2D eigenvalue weighted by Crippen LogP contribution is -2.44. The monoisotopic (exact) mass is 499 g/mol. The van der Waals surface area contributed by atoms with Crippen molar-refractivity contribution in [1.82, 2.24) is 14.9 Å². The van der Waals surface area contributed by atoms with Gasteiger partial charge >= 0.3 is 6.09 Å². The molecular formula is C25H33N5O6. The van der Waals surface area contributed by atoms with E-state index in [0.29, 0.717) is 61.3 Å². The number of benzene rings is 1. The summed E-state index contributed by atoms with van der Waals surface area (Å²) in [5.41, 5.74) is 1.32. The standard InChI is InChI=1S/C25H33N5O6/c1-5-29-15-25(3,4)36-21-19(22(29)32)20(27-23(28-21)30-10-12-34-14-16(30)2)17-6-8-18(9-7-17)26-24(33)35-13-11-31/h6-9,16,31H,5,10-15H2,1-4H3,(H,26,33). The van der Waals surface area contributed by atoms with E-state index in [-0.39, 0.29) is 31.0 Å². The van der Waals surface area contributed by atoms with Gasteiger partial charge < -0.3 is 29.1 Å². The highest BCUT2D eigenvalue weighted by atomic mass is 16.6. The fourth-order valence-electron chi connectivity index (χ4n) is 4.30. The Morgan fingerprint density at radius 1 is 1.28 bits per heavy atom. The number of amides is 2. The number of nitrogens with zero attached hydrogens (tertiary/aromatic N) is 4. The first-order valence-corrected chi connectivity index (χ1v) is 12.1. The largest absolute Gasteiger partial charge is 0.469 e. The Morgan fingerprint density at radius 2 is 2.03 bits per heavy atom. The van der Waals surface area contributed by atoms with E-state index in [2.05, 4.69) is 10.2 Å². The number of hydrogen-bond acceptors (Lipinski definition) is 9. The van der Waals surface area contributed by atoms with Gasteiger partial charge in [0.25, 0.3) is 5.91 Å². The molecular weight excluding hydrogens is 466 g/mol. The summed E-state index contributed by atoms with van der Waals surface area (Å²) in [5.74, 6) is 0.543. The molecule has 0 spiro atoms. The van der Waals surface area contributed by atoms with Crippen molar-refractivity contribution in [2.45, 2.75) is 39.3 Å². The molecule has 1 saturated heterocycles. The van der Waals surface area contributed by atoms with Gasteiger partial charge in [0.2, 0.25) is 11.8 Å². The van der Waals surface area contributed by atoms with Crippen molar-refractivity contribution >= 4 is 23.6 Å². The van der Waals surface area contributed by atoms with Crippen LogP contribution in [0.5, 0.6) is 5.88 Å². The fraction of sp³-hybridized carbons (Fsp3) is 0.520. The van der Waals surface area contributed by atoms with E-state index in [9.17, 15) is 9.59 Å². The molecule has 2 amide bonds. The summed E-state index contributed by atoms with van der Waals surface area (Å²) in [6.07, 6.45) is -0.666. The maximum Gasteiger partial charge on any atom is 0.411 e. The number of aromatic nitrogens is 2. The van der Waals surface area contributed by atoms with Crippen LogP contribution in [0, 0.1) is 0 Å². The normalized spacial score (nSPS) is 19.2. The van der Waals surface area contributed by atoms with Crippen LogP contribution >= 0.6 is 0 Å². The molecule has 1 aromatic heterocycles. The number of morpholine rings is 1. The molecule has 1 atom stereocenters. The van der Waals surface area contributed by atoms with Crippen LogP contribution in [0.1, 0.15) is 38.1 Å². The molecule has 2 aromatic rings. The zero-order valence-corrected chi connectivity index (χ0v) is 21.1. The highest BCUT2D eigenvalue weighted by Crippen LogP contribution is 2.36. The van der Waals surface area contributed by atoms with Crippen LogP contribution in [-0.4, -0.2) is 89.7 Å². The van der Waals surface area contributed by atoms with Crippen molar-refractivity contribution in [3.8, 4) is 17.1 Å². The van der Waals surface area contributed by atoms with E-state index in [0.717, 1.165) is 0 Å². The van der Waals surface area contributed by atoms with E-state index in [1.807, 2.05) is 27.7 Å². The van der Waals surface area contributed by atoms with Crippen LogP contribution in [0.15, 0.2) is 24.3 Å². The molecule has 194 valence electrons. The number of hydrogen-bond donors (Lipinski definition) is 2. The van der Waals surface area contributed by atoms with E-state index in [4.69, 9.17) is 29.3 Å². The lowest BCUT2D eigenvalue weighted by molar-refractivity contribution is 0.0541. The van der Waals surface area contributed by atoms with Gasteiger partial charge in [-0.2, -0.15) is 4.98 Å². The maximum absolute atomic E-state index is 13.7. The van der Waals surface area contributed by atoms with Crippen LogP contribution in [-0.2, 0) is 9.47 Å². The third-order valence-electron chi connectivity index (χ3n) is 6.05. The number of carbonyl (C=O) groups is 2. The van der Waals surface area contributed by atoms with Crippen LogP contribution in [0.2, 0.25) is 0 Å². The average Bonchev–Trinajstić information content (AvgIpc) is 2.95. The Balaban J connectivity index is 1.78. The molecule has 2 aliphatic heterocycles. The molecule has 2 aliphatic rings. The van der Waals surface area contributed by atoms with Gasteiger partial charge in [0.05, 0.1) is 38.1 Å². The Morgan fingerprint density at radius 3 is 2.69 bits per heavy atom. The Kier molecular flexibility index (Phi) is 7.60. The number of nitrogens with one attached hydrogen (secondary N) is 1. The summed E-state index contributed by atoms with van der Waals surface area (Å²) in [7, 11) is 0. The van der Waals surface area contributed by atoms with Crippen molar-refractivity contribution in [2.24, 2.45) is 0 Å². The first-order chi connectivity index (χ1) is 17.2. The SMILES string of the molecule is CCN1CC(C)(C)Oc2nc(N3CCOCC3C)nc(-c3ccc(NC(=O)OCCO)cc3)c2C1=O. The molecule has 4 rings (SSSR count). The molecule has 36 heavy (non-hydrogen) atoms. The Hall–Kier alpha value is -3.44. The van der Waals surface area contributed by atoms with Gasteiger partial charge in [-0.15, -0.1) is 0 Å². The highest BCUT2D eigenvalue weighted by molar-refractivity contribution is 6.02. The van der Waals surface area contributed by atoms with E-state index in [1.54, 1.807) is 29.2 Å². The molecule has 0 aliphatic carbocycles. The minimum atomic E-state index is -0.666. The topological polar surface area (TPSA) is 126 Å². The summed E-state index contributed by atoms with van der Waals surface area (Å²) >= 11 is 0. The Labute approximate surface area is 210 Å². The Bertz CT molecular complexity index is 1110. The van der Waals surface area contributed by atoms with Gasteiger partial charge in [-0.3, -0.25) is 10.1 Å². The lowest BCUT2D eigenvalue weighted by atomic mass is 10.0. The number of anilines is 2.